The summed E-state index contributed by atoms with van der Waals surface area (Å²) in [5.74, 6) is -8.03. The maximum atomic E-state index is 15.9. The maximum Gasteiger partial charge on any atom is 0.435 e. The summed E-state index contributed by atoms with van der Waals surface area (Å²) in [7, 11) is -8.96. The van der Waals surface area contributed by atoms with E-state index in [1.54, 1.807) is 0 Å². The van der Waals surface area contributed by atoms with Crippen LogP contribution >= 0.6 is 11.6 Å². The number of sulfone groups is 1. The number of sulfonamides is 1. The first kappa shape index (κ1) is 57.2. The Morgan fingerprint density at radius 3 is 2.11 bits per heavy atom. The molecular formula is C46H43ClF10N8O9S2. The smallest absolute Gasteiger partial charge is 0.435 e. The topological polar surface area (TPSA) is 236 Å². The minimum absolute atomic E-state index is 0.0354. The maximum absolute atomic E-state index is 15.9. The molecule has 0 radical (unpaired) electrons. The van der Waals surface area contributed by atoms with Crippen molar-refractivity contribution in [3.63, 3.8) is 0 Å². The van der Waals surface area contributed by atoms with Crippen molar-refractivity contribution in [2.75, 3.05) is 23.4 Å². The highest BCUT2D eigenvalue weighted by atomic mass is 35.5. The van der Waals surface area contributed by atoms with Gasteiger partial charge in [-0.25, -0.2) is 35.4 Å². The quantitative estimate of drug-likeness (QED) is 0.0594. The number of fused-ring (bicyclic) bond motifs is 4. The number of hydrogen-bond donors (Lipinski definition) is 4. The Kier molecular flexibility index (Phi) is 14.9. The van der Waals surface area contributed by atoms with Gasteiger partial charge in [0.05, 0.1) is 52.5 Å². The average Bonchev–Trinajstić information content (AvgIpc) is 3.83. The molecule has 30 heteroatoms. The van der Waals surface area contributed by atoms with Crippen LogP contribution in [-0.2, 0) is 61.1 Å². The zero-order valence-electron chi connectivity index (χ0n) is 40.1. The standard InChI is InChI=1S/C46H43ClF10N8O9S2/c1-42(2,75(4,71)72)13-12-25-6-7-26(27-9-11-30(47)35-37(27)64(20-44(50,51)52)62-40(35)65(76(5,73)74)41(70)60-43(3,21-66)18-33(68)69)36(58-25)31(16-22-14-23(48)17-24(49)15-22)59-32(67)19-63-39-34(38(61-63)46(55,56)57)28-8-10-29(28)45(39,53)54/h6-7,9,11,14-15,17,28-29,31,66H,8,10,16,18-21H2,1-5H3,(H,59,67)(H,60,70)(H,68,69)/t28-,29+,31-,43-/m0/s1. The summed E-state index contributed by atoms with van der Waals surface area (Å²) in [6, 6.07) is 2.68. The van der Waals surface area contributed by atoms with Gasteiger partial charge in [0, 0.05) is 34.9 Å². The van der Waals surface area contributed by atoms with E-state index in [0.717, 1.165) is 49.6 Å². The fraction of sp³-hybridized carbons (Fsp3) is 0.435. The predicted octanol–water partition coefficient (Wildman–Crippen LogP) is 7.38. The molecule has 1 fully saturated rings. The summed E-state index contributed by atoms with van der Waals surface area (Å²) in [5.41, 5.74) is -8.44. The van der Waals surface area contributed by atoms with Gasteiger partial charge in [-0.1, -0.05) is 23.6 Å². The molecule has 2 aliphatic rings. The molecule has 3 aromatic heterocycles. The Bertz CT molecular complexity index is 3480. The summed E-state index contributed by atoms with van der Waals surface area (Å²) < 4.78 is 199. The van der Waals surface area contributed by atoms with Crippen LogP contribution in [0.2, 0.25) is 5.02 Å². The van der Waals surface area contributed by atoms with Gasteiger partial charge in [-0.3, -0.25) is 19.0 Å². The Hall–Kier alpha value is -6.51. The molecule has 17 nitrogen and oxygen atoms in total. The third-order valence-corrected chi connectivity index (χ3v) is 16.1. The number of hydrogen-bond acceptors (Lipinski definition) is 11. The lowest BCUT2D eigenvalue weighted by Crippen LogP contribution is -2.56. The monoisotopic (exact) mass is 1140 g/mol. The van der Waals surface area contributed by atoms with Crippen LogP contribution < -0.4 is 14.9 Å². The van der Waals surface area contributed by atoms with Gasteiger partial charge in [-0.2, -0.15) is 49.6 Å². The molecule has 2 aromatic carbocycles. The molecule has 1 saturated carbocycles. The number of aliphatic hydroxyl groups excluding tert-OH is 1. The number of nitrogens with zero attached hydrogens (tertiary/aromatic N) is 6. The van der Waals surface area contributed by atoms with Crippen LogP contribution in [0.5, 0.6) is 0 Å². The van der Waals surface area contributed by atoms with Crippen LogP contribution in [0.4, 0.5) is 54.5 Å². The molecule has 5 aromatic rings. The van der Waals surface area contributed by atoms with E-state index in [1.807, 2.05) is 5.32 Å². The van der Waals surface area contributed by atoms with Crippen molar-refractivity contribution in [2.45, 2.75) is 100 Å². The number of halogens is 11. The van der Waals surface area contributed by atoms with Crippen molar-refractivity contribution >= 4 is 66.1 Å². The number of carbonyl (C=O) groups is 3. The lowest BCUT2D eigenvalue weighted by molar-refractivity contribution is -0.144. The number of benzene rings is 2. The molecule has 3 amide bonds. The number of aromatic nitrogens is 5. The van der Waals surface area contributed by atoms with Crippen LogP contribution in [-0.4, -0.2) is 105 Å². The van der Waals surface area contributed by atoms with Crippen molar-refractivity contribution in [3.8, 4) is 23.0 Å². The van der Waals surface area contributed by atoms with E-state index in [2.05, 4.69) is 32.3 Å². The van der Waals surface area contributed by atoms with Gasteiger partial charge in [0.15, 0.2) is 21.3 Å². The van der Waals surface area contributed by atoms with E-state index in [0.29, 0.717) is 12.3 Å². The summed E-state index contributed by atoms with van der Waals surface area (Å²) in [4.78, 5) is 44.3. The Morgan fingerprint density at radius 2 is 1.57 bits per heavy atom. The minimum atomic E-state index is -5.26. The third kappa shape index (κ3) is 11.4. The number of amides is 3. The zero-order chi connectivity index (χ0) is 56.6. The van der Waals surface area contributed by atoms with Crippen molar-refractivity contribution < 1.29 is 85.3 Å². The third-order valence-electron chi connectivity index (χ3n) is 12.8. The van der Waals surface area contributed by atoms with E-state index < -0.39 is 178 Å². The molecule has 0 aliphatic heterocycles. The van der Waals surface area contributed by atoms with Gasteiger partial charge in [-0.05, 0) is 87.8 Å². The highest BCUT2D eigenvalue weighted by Crippen LogP contribution is 2.64. The van der Waals surface area contributed by atoms with E-state index >= 15 is 8.78 Å². The number of pyridine rings is 1. The number of carboxylic acids is 1. The van der Waals surface area contributed by atoms with Crippen molar-refractivity contribution in [2.24, 2.45) is 5.92 Å². The predicted molar refractivity (Wildman–Crippen MR) is 251 cm³/mol. The van der Waals surface area contributed by atoms with Gasteiger partial charge in [-0.15, -0.1) is 0 Å². The second-order valence-electron chi connectivity index (χ2n) is 19.1. The first-order valence-electron chi connectivity index (χ1n) is 22.3. The second kappa shape index (κ2) is 19.8. The molecule has 4 atom stereocenters. The van der Waals surface area contributed by atoms with Crippen LogP contribution in [0, 0.1) is 29.4 Å². The molecule has 7 rings (SSSR count). The molecule has 3 heterocycles. The molecule has 0 saturated heterocycles. The number of aliphatic hydroxyl groups is 1. The normalized spacial score (nSPS) is 17.6. The van der Waals surface area contributed by atoms with E-state index in [-0.39, 0.29) is 43.3 Å². The molecule has 2 aliphatic carbocycles. The number of rotatable bonds is 15. The molecule has 0 bridgehead atoms. The summed E-state index contributed by atoms with van der Waals surface area (Å²) in [5, 5.41) is 29.9. The fourth-order valence-corrected chi connectivity index (χ4v) is 10.2. The highest BCUT2D eigenvalue weighted by Gasteiger charge is 2.63. The van der Waals surface area contributed by atoms with E-state index in [1.165, 1.54) is 13.8 Å². The van der Waals surface area contributed by atoms with E-state index in [9.17, 15) is 76.6 Å². The first-order valence-corrected chi connectivity index (χ1v) is 26.4. The van der Waals surface area contributed by atoms with Gasteiger partial charge in [0.25, 0.3) is 5.92 Å². The van der Waals surface area contributed by atoms with Gasteiger partial charge in [0.1, 0.15) is 40.9 Å². The molecule has 0 spiro atoms. The Balaban J connectivity index is 1.49. The van der Waals surface area contributed by atoms with Crippen molar-refractivity contribution in [1.29, 1.82) is 0 Å². The number of nitrogens with one attached hydrogen (secondary N) is 2. The first-order chi connectivity index (χ1) is 34.9. The van der Waals surface area contributed by atoms with Crippen LogP contribution in [0.1, 0.15) is 85.9 Å². The number of anilines is 1. The summed E-state index contributed by atoms with van der Waals surface area (Å²) in [6.45, 7) is -1.08. The Labute approximate surface area is 430 Å². The molecule has 76 heavy (non-hydrogen) atoms. The van der Waals surface area contributed by atoms with Gasteiger partial charge in [0.2, 0.25) is 15.9 Å². The van der Waals surface area contributed by atoms with E-state index in [4.69, 9.17) is 11.6 Å². The molecule has 410 valence electrons. The minimum Gasteiger partial charge on any atom is -0.481 e. The largest absolute Gasteiger partial charge is 0.481 e. The second-order valence-corrected chi connectivity index (χ2v) is 23.9. The summed E-state index contributed by atoms with van der Waals surface area (Å²) >= 11 is 6.63. The number of urea groups is 1. The van der Waals surface area contributed by atoms with Crippen molar-refractivity contribution in [1.82, 2.24) is 35.2 Å². The number of alkyl halides is 8. The zero-order valence-corrected chi connectivity index (χ0v) is 42.5. The lowest BCUT2D eigenvalue weighted by Gasteiger charge is -2.34. The molecule has 0 unspecified atom stereocenters. The van der Waals surface area contributed by atoms with Crippen molar-refractivity contribution in [3.05, 3.63) is 93.0 Å². The van der Waals surface area contributed by atoms with Gasteiger partial charge < -0.3 is 20.8 Å². The molecular weight excluding hydrogens is 1100 g/mol. The number of aliphatic carboxylic acids is 1. The highest BCUT2D eigenvalue weighted by molar-refractivity contribution is 7.93. The fourth-order valence-electron chi connectivity index (χ4n) is 8.95. The van der Waals surface area contributed by atoms with Gasteiger partial charge >= 0.3 is 24.4 Å². The summed E-state index contributed by atoms with van der Waals surface area (Å²) in [6.07, 6.45) is -11.1. The van der Waals surface area contributed by atoms with Crippen LogP contribution in [0.3, 0.4) is 0 Å². The SMILES string of the molecule is CC(C)(C#Cc1ccc(-c2ccc(Cl)c3c(N(C(=O)N[C@](C)(CO)CC(=O)O)S(C)(=O)=O)nn(CC(F)(F)F)c23)c([C@H](Cc2cc(F)cc(F)c2)NC(=O)Cn2nc(C(F)(F)F)c3c2C(F)(F)[C@@H]2CC[C@H]32)n1)S(C)(=O)=O. The average molecular weight is 1140 g/mol. The number of carboxylic acid groups (broad SMARTS) is 1. The molecule has 4 N–H and O–H groups in total. The van der Waals surface area contributed by atoms with Crippen LogP contribution in [0.15, 0.2) is 42.5 Å². The lowest BCUT2D eigenvalue weighted by atomic mass is 9.73. The number of carbonyl (C=O) groups excluding carboxylic acids is 2. The van der Waals surface area contributed by atoms with Crippen LogP contribution in [0.25, 0.3) is 22.0 Å². The Morgan fingerprint density at radius 1 is 0.934 bits per heavy atom.